The summed E-state index contributed by atoms with van der Waals surface area (Å²) >= 11 is 3.11. The Morgan fingerprint density at radius 3 is 2.74 bits per heavy atom. The number of hydrogen-bond donors (Lipinski definition) is 1. The second-order valence-electron chi connectivity index (χ2n) is 4.78. The van der Waals surface area contributed by atoms with Gasteiger partial charge in [-0.15, -0.1) is 0 Å². The van der Waals surface area contributed by atoms with Gasteiger partial charge in [0.1, 0.15) is 11.9 Å². The topological polar surface area (TPSA) is 38.3 Å². The molecule has 1 saturated carbocycles. The minimum absolute atomic E-state index is 0.302. The molecule has 0 saturated heterocycles. The van der Waals surface area contributed by atoms with Gasteiger partial charge in [0, 0.05) is 6.04 Å². The number of carbonyl (C=O) groups excluding carboxylic acids is 1. The molecular weight excluding hydrogens is 313 g/mol. The predicted octanol–water partition coefficient (Wildman–Crippen LogP) is 3.33. The highest BCUT2D eigenvalue weighted by molar-refractivity contribution is 9.10. The average molecular weight is 330 g/mol. The van der Waals surface area contributed by atoms with Crippen molar-refractivity contribution in [2.24, 2.45) is 0 Å². The summed E-state index contributed by atoms with van der Waals surface area (Å²) in [4.78, 5) is 11.9. The van der Waals surface area contributed by atoms with Gasteiger partial charge in [-0.2, -0.15) is 0 Å². The zero-order chi connectivity index (χ0) is 13.8. The molecule has 1 atom stereocenters. The van der Waals surface area contributed by atoms with E-state index in [2.05, 4.69) is 21.2 Å². The van der Waals surface area contributed by atoms with Crippen LogP contribution < -0.4 is 5.32 Å². The number of halogens is 2. The van der Waals surface area contributed by atoms with Crippen molar-refractivity contribution in [3.05, 3.63) is 34.1 Å². The zero-order valence-corrected chi connectivity index (χ0v) is 12.4. The van der Waals surface area contributed by atoms with Gasteiger partial charge in [-0.05, 0) is 46.5 Å². The lowest BCUT2D eigenvalue weighted by Crippen LogP contribution is -2.36. The minimum Gasteiger partial charge on any atom is -0.468 e. The van der Waals surface area contributed by atoms with E-state index in [0.29, 0.717) is 16.1 Å². The third-order valence-corrected chi connectivity index (χ3v) is 4.11. The average Bonchev–Trinajstić information content (AvgIpc) is 2.91. The maximum absolute atomic E-state index is 13.6. The Kier molecular flexibility index (Phi) is 4.93. The van der Waals surface area contributed by atoms with Gasteiger partial charge in [0.15, 0.2) is 0 Å². The Morgan fingerprint density at radius 1 is 1.47 bits per heavy atom. The van der Waals surface area contributed by atoms with Crippen molar-refractivity contribution in [1.29, 1.82) is 0 Å². The summed E-state index contributed by atoms with van der Waals surface area (Å²) in [5.41, 5.74) is 0.597. The van der Waals surface area contributed by atoms with Crippen molar-refractivity contribution in [3.63, 3.8) is 0 Å². The van der Waals surface area contributed by atoms with Crippen LogP contribution in [0.4, 0.5) is 4.39 Å². The first-order chi connectivity index (χ1) is 9.11. The normalized spacial score (nSPS) is 17.4. The van der Waals surface area contributed by atoms with Crippen LogP contribution in [0.1, 0.15) is 37.3 Å². The number of ether oxygens (including phenoxy) is 1. The number of hydrogen-bond acceptors (Lipinski definition) is 3. The third kappa shape index (κ3) is 3.54. The molecule has 1 unspecified atom stereocenters. The largest absolute Gasteiger partial charge is 0.468 e. The van der Waals surface area contributed by atoms with Gasteiger partial charge in [-0.25, -0.2) is 9.18 Å². The molecule has 104 valence electrons. The van der Waals surface area contributed by atoms with Crippen LogP contribution in [0.5, 0.6) is 0 Å². The fraction of sp³-hybridized carbons (Fsp3) is 0.500. The van der Waals surface area contributed by atoms with E-state index in [9.17, 15) is 9.18 Å². The summed E-state index contributed by atoms with van der Waals surface area (Å²) in [5, 5.41) is 3.27. The van der Waals surface area contributed by atoms with E-state index < -0.39 is 6.04 Å². The molecule has 0 radical (unpaired) electrons. The fourth-order valence-corrected chi connectivity index (χ4v) is 2.68. The molecule has 0 bridgehead atoms. The molecule has 0 heterocycles. The Balaban J connectivity index is 2.20. The summed E-state index contributed by atoms with van der Waals surface area (Å²) in [5.74, 6) is -0.756. The van der Waals surface area contributed by atoms with Gasteiger partial charge >= 0.3 is 5.97 Å². The molecule has 0 aliphatic heterocycles. The van der Waals surface area contributed by atoms with Crippen LogP contribution in [0.2, 0.25) is 0 Å². The van der Waals surface area contributed by atoms with E-state index in [1.165, 1.54) is 26.0 Å². The molecule has 5 heteroatoms. The standard InChI is InChI=1S/C14H17BrFNO2/c1-19-14(18)13(17-10-4-2-3-5-10)9-6-7-11(15)12(16)8-9/h6-8,10,13,17H,2-5H2,1H3. The molecule has 1 aliphatic carbocycles. The molecule has 0 aromatic heterocycles. The first-order valence-corrected chi connectivity index (χ1v) is 7.20. The van der Waals surface area contributed by atoms with Crippen LogP contribution in [0.25, 0.3) is 0 Å². The third-order valence-electron chi connectivity index (χ3n) is 3.47. The maximum atomic E-state index is 13.6. The highest BCUT2D eigenvalue weighted by Crippen LogP contribution is 2.25. The lowest BCUT2D eigenvalue weighted by atomic mass is 10.1. The summed E-state index contributed by atoms with van der Waals surface area (Å²) in [7, 11) is 1.35. The van der Waals surface area contributed by atoms with E-state index in [4.69, 9.17) is 4.74 Å². The van der Waals surface area contributed by atoms with Crippen molar-refractivity contribution in [2.45, 2.75) is 37.8 Å². The molecule has 2 rings (SSSR count). The van der Waals surface area contributed by atoms with E-state index in [1.54, 1.807) is 12.1 Å². The predicted molar refractivity (Wildman–Crippen MR) is 74.2 cm³/mol. The second kappa shape index (κ2) is 6.48. The Morgan fingerprint density at radius 2 is 2.16 bits per heavy atom. The van der Waals surface area contributed by atoms with Crippen molar-refractivity contribution >= 4 is 21.9 Å². The monoisotopic (exact) mass is 329 g/mol. The molecule has 1 aromatic carbocycles. The Bertz CT molecular complexity index is 461. The number of methoxy groups -OCH3 is 1. The van der Waals surface area contributed by atoms with Crippen molar-refractivity contribution in [3.8, 4) is 0 Å². The van der Waals surface area contributed by atoms with Crippen LogP contribution in [-0.4, -0.2) is 19.1 Å². The molecule has 0 amide bonds. The smallest absolute Gasteiger partial charge is 0.327 e. The van der Waals surface area contributed by atoms with Crippen LogP contribution in [0.15, 0.2) is 22.7 Å². The minimum atomic E-state index is -0.601. The van der Waals surface area contributed by atoms with E-state index >= 15 is 0 Å². The summed E-state index contributed by atoms with van der Waals surface area (Å²) in [6.07, 6.45) is 4.43. The number of rotatable bonds is 4. The zero-order valence-electron chi connectivity index (χ0n) is 10.8. The molecule has 0 spiro atoms. The molecule has 19 heavy (non-hydrogen) atoms. The van der Waals surface area contributed by atoms with Crippen molar-refractivity contribution in [2.75, 3.05) is 7.11 Å². The summed E-state index contributed by atoms with van der Waals surface area (Å²) < 4.78 is 18.8. The molecule has 1 N–H and O–H groups in total. The van der Waals surface area contributed by atoms with Crippen LogP contribution in [0, 0.1) is 5.82 Å². The highest BCUT2D eigenvalue weighted by Gasteiger charge is 2.26. The molecule has 1 fully saturated rings. The molecule has 1 aliphatic rings. The van der Waals surface area contributed by atoms with Crippen molar-refractivity contribution < 1.29 is 13.9 Å². The Labute approximate surface area is 120 Å². The van der Waals surface area contributed by atoms with Gasteiger partial charge < -0.3 is 4.74 Å². The second-order valence-corrected chi connectivity index (χ2v) is 5.63. The number of benzene rings is 1. The van der Waals surface area contributed by atoms with Crippen molar-refractivity contribution in [1.82, 2.24) is 5.32 Å². The van der Waals surface area contributed by atoms with Gasteiger partial charge in [0.2, 0.25) is 0 Å². The SMILES string of the molecule is COC(=O)C(NC1CCCC1)c1ccc(Br)c(F)c1. The van der Waals surface area contributed by atoms with Crippen LogP contribution >= 0.6 is 15.9 Å². The fourth-order valence-electron chi connectivity index (χ4n) is 2.44. The first kappa shape index (κ1) is 14.5. The lowest BCUT2D eigenvalue weighted by Gasteiger charge is -2.21. The summed E-state index contributed by atoms with van der Waals surface area (Å²) in [6, 6.07) is 4.41. The molecule has 3 nitrogen and oxygen atoms in total. The molecule has 1 aromatic rings. The van der Waals surface area contributed by atoms with Gasteiger partial charge in [-0.3, -0.25) is 5.32 Å². The number of carbonyl (C=O) groups is 1. The van der Waals surface area contributed by atoms with Crippen LogP contribution in [0.3, 0.4) is 0 Å². The van der Waals surface area contributed by atoms with Crippen LogP contribution in [-0.2, 0) is 9.53 Å². The molecular formula is C14H17BrFNO2. The van der Waals surface area contributed by atoms with Gasteiger partial charge in [-0.1, -0.05) is 18.9 Å². The Hall–Kier alpha value is -0.940. The summed E-state index contributed by atoms with van der Waals surface area (Å²) in [6.45, 7) is 0. The van der Waals surface area contributed by atoms with E-state index in [-0.39, 0.29) is 11.8 Å². The van der Waals surface area contributed by atoms with E-state index in [1.807, 2.05) is 0 Å². The van der Waals surface area contributed by atoms with Gasteiger partial charge in [0.05, 0.1) is 11.6 Å². The maximum Gasteiger partial charge on any atom is 0.327 e. The quantitative estimate of drug-likeness (QED) is 0.861. The van der Waals surface area contributed by atoms with Gasteiger partial charge in [0.25, 0.3) is 0 Å². The lowest BCUT2D eigenvalue weighted by molar-refractivity contribution is -0.143. The number of esters is 1. The first-order valence-electron chi connectivity index (χ1n) is 6.40. The highest BCUT2D eigenvalue weighted by atomic mass is 79.9. The van der Waals surface area contributed by atoms with E-state index in [0.717, 1.165) is 12.8 Å². The number of nitrogens with one attached hydrogen (secondary N) is 1.